The molecule has 3 aromatic rings. The van der Waals surface area contributed by atoms with Crippen molar-refractivity contribution in [2.45, 2.75) is 33.0 Å². The van der Waals surface area contributed by atoms with Gasteiger partial charge in [-0.25, -0.2) is 9.97 Å². The Hall–Kier alpha value is -3.33. The number of aryl methyl sites for hydroxylation is 1. The molecular weight excluding hydrogens is 390 g/mol. The lowest BCUT2D eigenvalue weighted by Crippen LogP contribution is -2.20. The van der Waals surface area contributed by atoms with E-state index in [1.807, 2.05) is 42.0 Å². The van der Waals surface area contributed by atoms with Crippen molar-refractivity contribution in [2.24, 2.45) is 5.10 Å². The molecule has 2 aromatic heterocycles. The molecule has 1 aromatic carbocycles. The molecule has 0 bridgehead atoms. The number of rotatable bonds is 7. The van der Waals surface area contributed by atoms with Gasteiger partial charge in [-0.1, -0.05) is 18.5 Å². The molecule has 0 aliphatic carbocycles. The van der Waals surface area contributed by atoms with Crippen LogP contribution in [-0.4, -0.2) is 37.2 Å². The minimum absolute atomic E-state index is 0.362. The second-order valence-electron chi connectivity index (χ2n) is 6.48. The average Bonchev–Trinajstić information content (AvgIpc) is 3.35. The SMILES string of the molecule is CCc1ncc2c(n1)CN(c1nnc(CN/N=C\C=N)n1-c1ccc(Cl)cc1)C2. The number of halogens is 1. The van der Waals surface area contributed by atoms with E-state index in [1.165, 1.54) is 6.21 Å². The van der Waals surface area contributed by atoms with E-state index >= 15 is 0 Å². The van der Waals surface area contributed by atoms with Gasteiger partial charge in [0, 0.05) is 36.0 Å². The van der Waals surface area contributed by atoms with Crippen molar-refractivity contribution in [3.8, 4) is 5.69 Å². The Kier molecular flexibility index (Phi) is 5.48. The molecule has 0 radical (unpaired) electrons. The summed E-state index contributed by atoms with van der Waals surface area (Å²) < 4.78 is 1.98. The molecule has 0 fully saturated rings. The molecule has 1 aliphatic rings. The Bertz CT molecular complexity index is 1040. The molecule has 10 heteroatoms. The molecule has 148 valence electrons. The van der Waals surface area contributed by atoms with Crippen LogP contribution in [0.4, 0.5) is 5.95 Å². The fourth-order valence-corrected chi connectivity index (χ4v) is 3.32. The summed E-state index contributed by atoms with van der Waals surface area (Å²) in [6.45, 7) is 3.73. The van der Waals surface area contributed by atoms with E-state index in [0.717, 1.165) is 41.4 Å². The normalized spacial score (nSPS) is 13.1. The maximum Gasteiger partial charge on any atom is 0.232 e. The summed E-state index contributed by atoms with van der Waals surface area (Å²) in [5, 5.41) is 20.4. The van der Waals surface area contributed by atoms with Crippen molar-refractivity contribution in [3.05, 3.63) is 58.4 Å². The lowest BCUT2D eigenvalue weighted by Gasteiger charge is -2.18. The first-order valence-electron chi connectivity index (χ1n) is 9.23. The van der Waals surface area contributed by atoms with Gasteiger partial charge in [-0.2, -0.15) is 5.10 Å². The molecule has 9 nitrogen and oxygen atoms in total. The zero-order chi connectivity index (χ0) is 20.2. The molecule has 0 spiro atoms. The molecule has 0 amide bonds. The van der Waals surface area contributed by atoms with E-state index in [1.54, 1.807) is 0 Å². The number of aromatic nitrogens is 5. The van der Waals surface area contributed by atoms with Gasteiger partial charge in [-0.15, -0.1) is 10.2 Å². The van der Waals surface area contributed by atoms with Gasteiger partial charge < -0.3 is 15.7 Å². The van der Waals surface area contributed by atoms with Crippen LogP contribution < -0.4 is 10.3 Å². The lowest BCUT2D eigenvalue weighted by molar-refractivity contribution is 0.688. The first-order valence-corrected chi connectivity index (χ1v) is 9.61. The van der Waals surface area contributed by atoms with Gasteiger partial charge in [0.05, 0.1) is 30.7 Å². The maximum absolute atomic E-state index is 7.01. The van der Waals surface area contributed by atoms with Crippen LogP contribution in [0.5, 0.6) is 0 Å². The van der Waals surface area contributed by atoms with E-state index in [0.29, 0.717) is 30.5 Å². The molecule has 0 saturated carbocycles. The summed E-state index contributed by atoms with van der Waals surface area (Å²) in [7, 11) is 0. The average molecular weight is 410 g/mol. The first-order chi connectivity index (χ1) is 14.2. The van der Waals surface area contributed by atoms with Gasteiger partial charge in [0.2, 0.25) is 5.95 Å². The number of hydrogen-bond acceptors (Lipinski definition) is 8. The van der Waals surface area contributed by atoms with Crippen LogP contribution >= 0.6 is 11.6 Å². The van der Waals surface area contributed by atoms with E-state index in [-0.39, 0.29) is 0 Å². The summed E-state index contributed by atoms with van der Waals surface area (Å²) in [6.07, 6.45) is 5.18. The minimum Gasteiger partial charge on any atom is -0.330 e. The van der Waals surface area contributed by atoms with Gasteiger partial charge in [0.15, 0.2) is 5.82 Å². The topological polar surface area (TPSA) is 108 Å². The predicted molar refractivity (Wildman–Crippen MR) is 112 cm³/mol. The van der Waals surface area contributed by atoms with Crippen LogP contribution in [0.2, 0.25) is 5.02 Å². The second-order valence-corrected chi connectivity index (χ2v) is 6.91. The zero-order valence-corrected chi connectivity index (χ0v) is 16.6. The van der Waals surface area contributed by atoms with Crippen molar-refractivity contribution in [2.75, 3.05) is 4.90 Å². The molecular formula is C19H20ClN9. The van der Waals surface area contributed by atoms with E-state index < -0.39 is 0 Å². The van der Waals surface area contributed by atoms with Gasteiger partial charge in [-0.05, 0) is 24.3 Å². The highest BCUT2D eigenvalue weighted by Crippen LogP contribution is 2.29. The molecule has 0 unspecified atom stereocenters. The Morgan fingerprint density at radius 3 is 2.83 bits per heavy atom. The zero-order valence-electron chi connectivity index (χ0n) is 15.9. The van der Waals surface area contributed by atoms with Crippen LogP contribution in [0.15, 0.2) is 35.6 Å². The van der Waals surface area contributed by atoms with E-state index in [9.17, 15) is 0 Å². The van der Waals surface area contributed by atoms with Crippen LogP contribution in [0.3, 0.4) is 0 Å². The Balaban J connectivity index is 1.68. The van der Waals surface area contributed by atoms with Gasteiger partial charge in [-0.3, -0.25) is 4.57 Å². The largest absolute Gasteiger partial charge is 0.330 e. The fourth-order valence-electron chi connectivity index (χ4n) is 3.19. The van der Waals surface area contributed by atoms with Crippen LogP contribution in [0, 0.1) is 5.41 Å². The smallest absolute Gasteiger partial charge is 0.232 e. The van der Waals surface area contributed by atoms with E-state index in [4.69, 9.17) is 17.0 Å². The van der Waals surface area contributed by atoms with E-state index in [2.05, 4.69) is 35.6 Å². The minimum atomic E-state index is 0.362. The molecule has 1 aliphatic heterocycles. The Labute approximate surface area is 173 Å². The molecule has 0 atom stereocenters. The highest BCUT2D eigenvalue weighted by Gasteiger charge is 2.27. The lowest BCUT2D eigenvalue weighted by atomic mass is 10.3. The molecule has 0 saturated heterocycles. The standard InChI is InChI=1S/C19H20ClN9/c1-2-17-22-9-13-11-28(12-16(13)25-17)19-27-26-18(10-24-23-8-7-21)29(19)15-5-3-14(20)4-6-15/h3-9,21,24H,2,10-12H2,1H3/b21-7?,23-8-. The Morgan fingerprint density at radius 1 is 1.24 bits per heavy atom. The number of fused-ring (bicyclic) bond motifs is 1. The summed E-state index contributed by atoms with van der Waals surface area (Å²) in [6, 6.07) is 7.53. The number of hydrogen-bond donors (Lipinski definition) is 2. The van der Waals surface area contributed by atoms with Crippen molar-refractivity contribution in [3.63, 3.8) is 0 Å². The number of nitrogens with zero attached hydrogens (tertiary/aromatic N) is 7. The third-order valence-electron chi connectivity index (χ3n) is 4.58. The van der Waals surface area contributed by atoms with Crippen molar-refractivity contribution < 1.29 is 0 Å². The molecule has 29 heavy (non-hydrogen) atoms. The highest BCUT2D eigenvalue weighted by molar-refractivity contribution is 6.30. The van der Waals surface area contributed by atoms with Gasteiger partial charge in [0.25, 0.3) is 0 Å². The van der Waals surface area contributed by atoms with Crippen LogP contribution in [-0.2, 0) is 26.1 Å². The van der Waals surface area contributed by atoms with Crippen molar-refractivity contribution in [1.82, 2.24) is 30.2 Å². The van der Waals surface area contributed by atoms with Crippen LogP contribution in [0.25, 0.3) is 5.69 Å². The molecule has 2 N–H and O–H groups in total. The third-order valence-corrected chi connectivity index (χ3v) is 4.83. The summed E-state index contributed by atoms with van der Waals surface area (Å²) in [5.41, 5.74) is 5.92. The Morgan fingerprint density at radius 2 is 2.07 bits per heavy atom. The van der Waals surface area contributed by atoms with Crippen LogP contribution in [0.1, 0.15) is 29.8 Å². The number of hydrazone groups is 1. The number of nitrogens with one attached hydrogen (secondary N) is 2. The number of anilines is 1. The summed E-state index contributed by atoms with van der Waals surface area (Å²) >= 11 is 6.07. The quantitative estimate of drug-likeness (QED) is 0.458. The van der Waals surface area contributed by atoms with Gasteiger partial charge >= 0.3 is 0 Å². The summed E-state index contributed by atoms with van der Waals surface area (Å²) in [4.78, 5) is 11.2. The second kappa shape index (κ2) is 8.36. The fraction of sp³-hybridized carbons (Fsp3) is 0.263. The highest BCUT2D eigenvalue weighted by atomic mass is 35.5. The van der Waals surface area contributed by atoms with Crippen molar-refractivity contribution in [1.29, 1.82) is 5.41 Å². The first kappa shape index (κ1) is 19.0. The van der Waals surface area contributed by atoms with Gasteiger partial charge in [0.1, 0.15) is 5.82 Å². The monoisotopic (exact) mass is 409 g/mol. The number of benzene rings is 1. The third kappa shape index (κ3) is 3.95. The predicted octanol–water partition coefficient (Wildman–Crippen LogP) is 2.52. The summed E-state index contributed by atoms with van der Waals surface area (Å²) in [5.74, 6) is 2.26. The van der Waals surface area contributed by atoms with Crippen molar-refractivity contribution >= 4 is 30.0 Å². The molecule has 4 rings (SSSR count). The maximum atomic E-state index is 7.01. The molecule has 3 heterocycles.